The van der Waals surface area contributed by atoms with Crippen LogP contribution in [0.2, 0.25) is 0 Å². The highest BCUT2D eigenvalue weighted by Gasteiger charge is 2.03. The standard InChI is InChI=1S/C11H21N3O2S/c1-3-16-7-4-5-10-13-14-11(17-10)9-12-6-8-15-2/h12H,3-9H2,1-2H3. The molecule has 0 aliphatic rings. The number of aromatic nitrogens is 2. The fraction of sp³-hybridized carbons (Fsp3) is 0.818. The molecule has 0 spiro atoms. The zero-order chi connectivity index (χ0) is 12.3. The lowest BCUT2D eigenvalue weighted by atomic mass is 10.3. The summed E-state index contributed by atoms with van der Waals surface area (Å²) in [5.41, 5.74) is 0. The second kappa shape index (κ2) is 9.47. The van der Waals surface area contributed by atoms with Gasteiger partial charge in [-0.1, -0.05) is 0 Å². The first kappa shape index (κ1) is 14.5. The highest BCUT2D eigenvalue weighted by Crippen LogP contribution is 2.11. The smallest absolute Gasteiger partial charge is 0.131 e. The number of methoxy groups -OCH3 is 1. The minimum absolute atomic E-state index is 0.722. The number of aryl methyl sites for hydroxylation is 1. The Bertz CT molecular complexity index is 267. The van der Waals surface area contributed by atoms with Gasteiger partial charge in [-0.15, -0.1) is 21.5 Å². The van der Waals surface area contributed by atoms with Crippen molar-refractivity contribution in [2.24, 2.45) is 0 Å². The van der Waals surface area contributed by atoms with Crippen LogP contribution in [0.15, 0.2) is 0 Å². The van der Waals surface area contributed by atoms with Gasteiger partial charge in [-0.05, 0) is 13.3 Å². The van der Waals surface area contributed by atoms with Gasteiger partial charge in [0.05, 0.1) is 6.61 Å². The maximum absolute atomic E-state index is 5.28. The number of hydrogen-bond acceptors (Lipinski definition) is 6. The molecule has 0 unspecified atom stereocenters. The van der Waals surface area contributed by atoms with Gasteiger partial charge in [-0.3, -0.25) is 0 Å². The van der Waals surface area contributed by atoms with Crippen LogP contribution in [0, 0.1) is 0 Å². The maximum atomic E-state index is 5.28. The van der Waals surface area contributed by atoms with Crippen molar-refractivity contribution in [1.82, 2.24) is 15.5 Å². The largest absolute Gasteiger partial charge is 0.383 e. The third kappa shape index (κ3) is 6.68. The first-order chi connectivity index (χ1) is 8.36. The van der Waals surface area contributed by atoms with Crippen LogP contribution < -0.4 is 5.32 Å². The normalized spacial score (nSPS) is 10.9. The molecule has 1 N–H and O–H groups in total. The Hall–Kier alpha value is -0.560. The van der Waals surface area contributed by atoms with Crippen LogP contribution in [0.4, 0.5) is 0 Å². The lowest BCUT2D eigenvalue weighted by Gasteiger charge is -1.99. The molecule has 1 heterocycles. The molecule has 0 atom stereocenters. The zero-order valence-corrected chi connectivity index (χ0v) is 11.4. The number of rotatable bonds is 10. The first-order valence-corrected chi connectivity index (χ1v) is 6.77. The summed E-state index contributed by atoms with van der Waals surface area (Å²) >= 11 is 1.67. The minimum atomic E-state index is 0.722. The molecule has 0 fully saturated rings. The Morgan fingerprint density at radius 2 is 2.06 bits per heavy atom. The van der Waals surface area contributed by atoms with Crippen molar-refractivity contribution in [3.05, 3.63) is 10.0 Å². The highest BCUT2D eigenvalue weighted by atomic mass is 32.1. The van der Waals surface area contributed by atoms with Crippen molar-refractivity contribution in [2.75, 3.05) is 33.5 Å². The number of nitrogens with zero attached hydrogens (tertiary/aromatic N) is 2. The molecule has 98 valence electrons. The van der Waals surface area contributed by atoms with Crippen LogP contribution in [0.25, 0.3) is 0 Å². The lowest BCUT2D eigenvalue weighted by Crippen LogP contribution is -2.18. The molecule has 1 rings (SSSR count). The molecular weight excluding hydrogens is 238 g/mol. The third-order valence-corrected chi connectivity index (χ3v) is 3.13. The summed E-state index contributed by atoms with van der Waals surface area (Å²) in [5, 5.41) is 13.7. The van der Waals surface area contributed by atoms with Crippen molar-refractivity contribution in [3.63, 3.8) is 0 Å². The van der Waals surface area contributed by atoms with E-state index in [2.05, 4.69) is 15.5 Å². The van der Waals surface area contributed by atoms with E-state index < -0.39 is 0 Å². The molecule has 1 aromatic heterocycles. The van der Waals surface area contributed by atoms with Gasteiger partial charge in [0.25, 0.3) is 0 Å². The predicted octanol–water partition coefficient (Wildman–Crippen LogP) is 1.24. The quantitative estimate of drug-likeness (QED) is 0.641. The van der Waals surface area contributed by atoms with E-state index in [9.17, 15) is 0 Å². The van der Waals surface area contributed by atoms with Gasteiger partial charge in [0.2, 0.25) is 0 Å². The van der Waals surface area contributed by atoms with Crippen LogP contribution in [-0.2, 0) is 22.4 Å². The molecule has 6 heteroatoms. The molecule has 1 aromatic rings. The predicted molar refractivity (Wildman–Crippen MR) is 68.3 cm³/mol. The summed E-state index contributed by atoms with van der Waals surface area (Å²) in [6, 6.07) is 0. The summed E-state index contributed by atoms with van der Waals surface area (Å²) in [4.78, 5) is 0. The van der Waals surface area contributed by atoms with E-state index in [0.717, 1.165) is 55.8 Å². The summed E-state index contributed by atoms with van der Waals surface area (Å²) in [6.07, 6.45) is 1.97. The van der Waals surface area contributed by atoms with Crippen molar-refractivity contribution in [3.8, 4) is 0 Å². The summed E-state index contributed by atoms with van der Waals surface area (Å²) in [6.45, 7) is 5.93. The number of hydrogen-bond donors (Lipinski definition) is 1. The Morgan fingerprint density at radius 3 is 2.82 bits per heavy atom. The van der Waals surface area contributed by atoms with Gasteiger partial charge in [-0.25, -0.2) is 0 Å². The van der Waals surface area contributed by atoms with Gasteiger partial charge in [0.1, 0.15) is 10.0 Å². The van der Waals surface area contributed by atoms with Crippen molar-refractivity contribution >= 4 is 11.3 Å². The van der Waals surface area contributed by atoms with Gasteiger partial charge in [0, 0.05) is 39.8 Å². The molecule has 5 nitrogen and oxygen atoms in total. The van der Waals surface area contributed by atoms with E-state index in [4.69, 9.17) is 9.47 Å². The van der Waals surface area contributed by atoms with Crippen LogP contribution in [0.3, 0.4) is 0 Å². The fourth-order valence-electron chi connectivity index (χ4n) is 1.30. The molecule has 0 bridgehead atoms. The molecule has 0 saturated carbocycles. The van der Waals surface area contributed by atoms with Gasteiger partial charge in [0.15, 0.2) is 0 Å². The first-order valence-electron chi connectivity index (χ1n) is 5.95. The van der Waals surface area contributed by atoms with Crippen LogP contribution >= 0.6 is 11.3 Å². The SMILES string of the molecule is CCOCCCc1nnc(CNCCOC)s1. The molecule has 0 saturated heterocycles. The van der Waals surface area contributed by atoms with Crippen molar-refractivity contribution in [2.45, 2.75) is 26.3 Å². The summed E-state index contributed by atoms with van der Waals surface area (Å²) in [7, 11) is 1.70. The van der Waals surface area contributed by atoms with E-state index in [1.54, 1.807) is 18.4 Å². The summed E-state index contributed by atoms with van der Waals surface area (Å²) in [5.74, 6) is 0. The fourth-order valence-corrected chi connectivity index (χ4v) is 2.16. The molecule has 0 aliphatic carbocycles. The molecule has 17 heavy (non-hydrogen) atoms. The minimum Gasteiger partial charge on any atom is -0.383 e. The monoisotopic (exact) mass is 259 g/mol. The van der Waals surface area contributed by atoms with Crippen LogP contribution in [0.1, 0.15) is 23.4 Å². The summed E-state index contributed by atoms with van der Waals surface area (Å²) < 4.78 is 10.2. The van der Waals surface area contributed by atoms with Gasteiger partial charge >= 0.3 is 0 Å². The molecular formula is C11H21N3O2S. The van der Waals surface area contributed by atoms with E-state index in [1.165, 1.54) is 0 Å². The Balaban J connectivity index is 2.14. The van der Waals surface area contributed by atoms with E-state index in [-0.39, 0.29) is 0 Å². The van der Waals surface area contributed by atoms with Crippen molar-refractivity contribution in [1.29, 1.82) is 0 Å². The van der Waals surface area contributed by atoms with E-state index >= 15 is 0 Å². The maximum Gasteiger partial charge on any atom is 0.131 e. The van der Waals surface area contributed by atoms with E-state index in [0.29, 0.717) is 0 Å². The lowest BCUT2D eigenvalue weighted by molar-refractivity contribution is 0.145. The topological polar surface area (TPSA) is 56.3 Å². The Morgan fingerprint density at radius 1 is 1.24 bits per heavy atom. The zero-order valence-electron chi connectivity index (χ0n) is 10.6. The van der Waals surface area contributed by atoms with Crippen molar-refractivity contribution < 1.29 is 9.47 Å². The highest BCUT2D eigenvalue weighted by molar-refractivity contribution is 7.11. The van der Waals surface area contributed by atoms with Gasteiger partial charge < -0.3 is 14.8 Å². The molecule has 0 aliphatic heterocycles. The average Bonchev–Trinajstić information content (AvgIpc) is 2.78. The van der Waals surface area contributed by atoms with Crippen LogP contribution in [0.5, 0.6) is 0 Å². The Labute approximate surface area is 107 Å². The average molecular weight is 259 g/mol. The number of ether oxygens (including phenoxy) is 2. The molecule has 0 amide bonds. The Kier molecular flexibility index (Phi) is 8.08. The second-order valence-corrected chi connectivity index (χ2v) is 4.71. The van der Waals surface area contributed by atoms with E-state index in [1.807, 2.05) is 6.92 Å². The third-order valence-electron chi connectivity index (χ3n) is 2.15. The van der Waals surface area contributed by atoms with Gasteiger partial charge in [-0.2, -0.15) is 0 Å². The second-order valence-electron chi connectivity index (χ2n) is 3.56. The number of nitrogens with one attached hydrogen (secondary N) is 1. The van der Waals surface area contributed by atoms with Crippen LogP contribution in [-0.4, -0.2) is 43.7 Å². The molecule has 0 radical (unpaired) electrons. The molecule has 0 aromatic carbocycles.